The molecule has 6 heteroatoms. The summed E-state index contributed by atoms with van der Waals surface area (Å²) < 4.78 is 0. The fraction of sp³-hybridized carbons (Fsp3) is 0.444. The first kappa shape index (κ1) is 11.2. The summed E-state index contributed by atoms with van der Waals surface area (Å²) >= 11 is 0. The number of aryl methyl sites for hydroxylation is 1. The quantitative estimate of drug-likeness (QED) is 0.652. The fourth-order valence-corrected chi connectivity index (χ4v) is 1.25. The summed E-state index contributed by atoms with van der Waals surface area (Å²) in [6, 6.07) is 0. The normalized spacial score (nSPS) is 10.2. The van der Waals surface area contributed by atoms with E-state index in [9.17, 15) is 9.59 Å². The molecule has 0 atom stereocenters. The third kappa shape index (κ3) is 3.08. The van der Waals surface area contributed by atoms with Crippen LogP contribution in [0.1, 0.15) is 24.1 Å². The van der Waals surface area contributed by atoms with E-state index in [2.05, 4.69) is 9.97 Å². The van der Waals surface area contributed by atoms with Gasteiger partial charge in [-0.15, -0.1) is 0 Å². The van der Waals surface area contributed by atoms with Crippen molar-refractivity contribution in [1.82, 2.24) is 9.97 Å². The van der Waals surface area contributed by atoms with Crippen LogP contribution in [0.4, 0.5) is 5.95 Å². The number of aromatic amines is 1. The molecule has 15 heavy (non-hydrogen) atoms. The average Bonchev–Trinajstić information content (AvgIpc) is 2.12. The van der Waals surface area contributed by atoms with Crippen molar-refractivity contribution in [3.63, 3.8) is 0 Å². The van der Waals surface area contributed by atoms with Crippen molar-refractivity contribution in [2.45, 2.75) is 26.2 Å². The summed E-state index contributed by atoms with van der Waals surface area (Å²) in [6.45, 7) is 1.64. The SMILES string of the molecule is Cc1c(CCCC(=O)O)nc(N)[nH]c1=O. The summed E-state index contributed by atoms with van der Waals surface area (Å²) in [7, 11) is 0. The van der Waals surface area contributed by atoms with Crippen LogP contribution >= 0.6 is 0 Å². The lowest BCUT2D eigenvalue weighted by molar-refractivity contribution is -0.137. The largest absolute Gasteiger partial charge is 0.481 e. The van der Waals surface area contributed by atoms with E-state index in [0.717, 1.165) is 0 Å². The van der Waals surface area contributed by atoms with E-state index < -0.39 is 5.97 Å². The topological polar surface area (TPSA) is 109 Å². The second-order valence-electron chi connectivity index (χ2n) is 3.27. The molecule has 1 aromatic rings. The highest BCUT2D eigenvalue weighted by molar-refractivity contribution is 5.66. The van der Waals surface area contributed by atoms with Crippen LogP contribution < -0.4 is 11.3 Å². The van der Waals surface area contributed by atoms with Gasteiger partial charge in [0.15, 0.2) is 0 Å². The van der Waals surface area contributed by atoms with Crippen LogP contribution in [0.25, 0.3) is 0 Å². The summed E-state index contributed by atoms with van der Waals surface area (Å²) in [5, 5.41) is 8.46. The number of nitrogens with zero attached hydrogens (tertiary/aromatic N) is 1. The van der Waals surface area contributed by atoms with Gasteiger partial charge in [0.2, 0.25) is 5.95 Å². The Kier molecular flexibility index (Phi) is 3.43. The molecule has 0 saturated carbocycles. The molecule has 0 saturated heterocycles. The van der Waals surface area contributed by atoms with Gasteiger partial charge in [0.25, 0.3) is 5.56 Å². The van der Waals surface area contributed by atoms with E-state index in [1.54, 1.807) is 6.92 Å². The van der Waals surface area contributed by atoms with Crippen molar-refractivity contribution < 1.29 is 9.90 Å². The Morgan fingerprint density at radius 1 is 1.60 bits per heavy atom. The van der Waals surface area contributed by atoms with Gasteiger partial charge in [0.1, 0.15) is 0 Å². The minimum atomic E-state index is -0.856. The lowest BCUT2D eigenvalue weighted by atomic mass is 10.1. The van der Waals surface area contributed by atoms with Gasteiger partial charge in [0.05, 0.1) is 5.69 Å². The smallest absolute Gasteiger partial charge is 0.303 e. The maximum absolute atomic E-state index is 11.3. The van der Waals surface area contributed by atoms with Crippen LogP contribution in [-0.4, -0.2) is 21.0 Å². The van der Waals surface area contributed by atoms with Crippen molar-refractivity contribution in [1.29, 1.82) is 0 Å². The highest BCUT2D eigenvalue weighted by Gasteiger charge is 2.06. The van der Waals surface area contributed by atoms with Gasteiger partial charge in [-0.05, 0) is 19.8 Å². The van der Waals surface area contributed by atoms with Crippen molar-refractivity contribution in [3.05, 3.63) is 21.6 Å². The number of H-pyrrole nitrogens is 1. The summed E-state index contributed by atoms with van der Waals surface area (Å²) in [6.07, 6.45) is 0.964. The molecule has 0 radical (unpaired) electrons. The Morgan fingerprint density at radius 3 is 2.87 bits per heavy atom. The zero-order valence-corrected chi connectivity index (χ0v) is 8.41. The number of carboxylic acid groups (broad SMARTS) is 1. The Hall–Kier alpha value is -1.85. The van der Waals surface area contributed by atoms with Gasteiger partial charge in [-0.25, -0.2) is 4.98 Å². The maximum atomic E-state index is 11.3. The standard InChI is InChI=1S/C9H13N3O3/c1-5-6(3-2-4-7(13)14)11-9(10)12-8(5)15/h2-4H2,1H3,(H,13,14)(H3,10,11,12,15). The molecular formula is C9H13N3O3. The second kappa shape index (κ2) is 4.59. The van der Waals surface area contributed by atoms with E-state index in [1.165, 1.54) is 0 Å². The monoisotopic (exact) mass is 211 g/mol. The Bertz CT molecular complexity index is 425. The molecule has 0 aliphatic heterocycles. The molecule has 0 aromatic carbocycles. The first-order valence-electron chi connectivity index (χ1n) is 4.57. The lowest BCUT2D eigenvalue weighted by Crippen LogP contribution is -2.17. The molecule has 1 heterocycles. The Labute approximate surface area is 86.2 Å². The van der Waals surface area contributed by atoms with Gasteiger partial charge < -0.3 is 10.8 Å². The van der Waals surface area contributed by atoms with Crippen LogP contribution in [0, 0.1) is 6.92 Å². The van der Waals surface area contributed by atoms with Crippen LogP contribution in [0.3, 0.4) is 0 Å². The molecule has 0 fully saturated rings. The van der Waals surface area contributed by atoms with E-state index in [1.807, 2.05) is 0 Å². The van der Waals surface area contributed by atoms with Gasteiger partial charge in [0, 0.05) is 12.0 Å². The first-order chi connectivity index (χ1) is 7.00. The molecule has 0 bridgehead atoms. The Balaban J connectivity index is 2.77. The first-order valence-corrected chi connectivity index (χ1v) is 4.57. The molecule has 1 rings (SSSR count). The number of hydrogen-bond acceptors (Lipinski definition) is 4. The third-order valence-corrected chi connectivity index (χ3v) is 2.07. The number of carbonyl (C=O) groups is 1. The number of nitrogens with one attached hydrogen (secondary N) is 1. The highest BCUT2D eigenvalue weighted by Crippen LogP contribution is 2.05. The average molecular weight is 211 g/mol. The van der Waals surface area contributed by atoms with Gasteiger partial charge in [-0.3, -0.25) is 14.6 Å². The molecule has 82 valence electrons. The van der Waals surface area contributed by atoms with Crippen molar-refractivity contribution in [2.75, 3.05) is 5.73 Å². The molecular weight excluding hydrogens is 198 g/mol. The molecule has 0 aliphatic carbocycles. The van der Waals surface area contributed by atoms with Crippen molar-refractivity contribution >= 4 is 11.9 Å². The van der Waals surface area contributed by atoms with Gasteiger partial charge in [-0.2, -0.15) is 0 Å². The van der Waals surface area contributed by atoms with Crippen LogP contribution in [0.5, 0.6) is 0 Å². The summed E-state index contributed by atoms with van der Waals surface area (Å²) in [5.41, 5.74) is 6.17. The molecule has 0 spiro atoms. The van der Waals surface area contributed by atoms with E-state index in [-0.39, 0.29) is 17.9 Å². The number of aromatic nitrogens is 2. The number of nitrogens with two attached hydrogens (primary N) is 1. The van der Waals surface area contributed by atoms with Crippen LogP contribution in [-0.2, 0) is 11.2 Å². The minimum Gasteiger partial charge on any atom is -0.481 e. The molecule has 4 N–H and O–H groups in total. The van der Waals surface area contributed by atoms with E-state index in [0.29, 0.717) is 24.1 Å². The number of carboxylic acids is 1. The summed E-state index contributed by atoms with van der Waals surface area (Å²) in [5.74, 6) is -0.790. The Morgan fingerprint density at radius 2 is 2.27 bits per heavy atom. The van der Waals surface area contributed by atoms with E-state index >= 15 is 0 Å². The van der Waals surface area contributed by atoms with Gasteiger partial charge in [-0.1, -0.05) is 0 Å². The second-order valence-corrected chi connectivity index (χ2v) is 3.27. The van der Waals surface area contributed by atoms with E-state index in [4.69, 9.17) is 10.8 Å². The fourth-order valence-electron chi connectivity index (χ4n) is 1.25. The number of rotatable bonds is 4. The number of anilines is 1. The number of nitrogen functional groups attached to an aromatic ring is 1. The lowest BCUT2D eigenvalue weighted by Gasteiger charge is -2.03. The number of hydrogen-bond donors (Lipinski definition) is 3. The van der Waals surface area contributed by atoms with Gasteiger partial charge >= 0.3 is 5.97 Å². The highest BCUT2D eigenvalue weighted by atomic mass is 16.4. The summed E-state index contributed by atoms with van der Waals surface area (Å²) in [4.78, 5) is 27.9. The predicted molar refractivity (Wildman–Crippen MR) is 54.6 cm³/mol. The molecule has 0 amide bonds. The van der Waals surface area contributed by atoms with Crippen LogP contribution in [0.15, 0.2) is 4.79 Å². The predicted octanol–water partition coefficient (Wildman–Crippen LogP) is 0.0678. The van der Waals surface area contributed by atoms with Crippen LogP contribution in [0.2, 0.25) is 0 Å². The number of aliphatic carboxylic acids is 1. The third-order valence-electron chi connectivity index (χ3n) is 2.07. The zero-order chi connectivity index (χ0) is 11.4. The molecule has 1 aromatic heterocycles. The molecule has 6 nitrogen and oxygen atoms in total. The zero-order valence-electron chi connectivity index (χ0n) is 8.41. The molecule has 0 unspecified atom stereocenters. The van der Waals surface area contributed by atoms with Crippen molar-refractivity contribution in [2.24, 2.45) is 0 Å². The maximum Gasteiger partial charge on any atom is 0.303 e. The van der Waals surface area contributed by atoms with Crippen molar-refractivity contribution in [3.8, 4) is 0 Å². The minimum absolute atomic E-state index is 0.0633. The molecule has 0 aliphatic rings.